The highest BCUT2D eigenvalue weighted by atomic mass is 16.5. The summed E-state index contributed by atoms with van der Waals surface area (Å²) >= 11 is 0. The molecule has 4 heteroatoms. The first-order chi connectivity index (χ1) is 8.96. The van der Waals surface area contributed by atoms with E-state index >= 15 is 0 Å². The van der Waals surface area contributed by atoms with Crippen LogP contribution >= 0.6 is 0 Å². The normalized spacial score (nSPS) is 14.4. The first-order valence-electron chi connectivity index (χ1n) is 6.68. The Bertz CT molecular complexity index is 468. The fourth-order valence-electron chi connectivity index (χ4n) is 2.28. The van der Waals surface area contributed by atoms with Gasteiger partial charge in [-0.05, 0) is 42.0 Å². The molecule has 0 aliphatic carbocycles. The van der Waals surface area contributed by atoms with Crippen molar-refractivity contribution in [2.75, 3.05) is 18.5 Å². The Kier molecular flexibility index (Phi) is 3.98. The molecule has 0 radical (unpaired) electrons. The highest BCUT2D eigenvalue weighted by Gasteiger charge is 2.21. The van der Waals surface area contributed by atoms with E-state index in [1.165, 1.54) is 5.56 Å². The van der Waals surface area contributed by atoms with E-state index in [2.05, 4.69) is 11.4 Å². The zero-order valence-corrected chi connectivity index (χ0v) is 11.5. The number of carboxylic acids is 1. The van der Waals surface area contributed by atoms with Crippen molar-refractivity contribution in [2.24, 2.45) is 5.41 Å². The summed E-state index contributed by atoms with van der Waals surface area (Å²) in [5.41, 5.74) is 1.99. The summed E-state index contributed by atoms with van der Waals surface area (Å²) in [4.78, 5) is 10.8. The number of carbonyl (C=O) groups is 1. The summed E-state index contributed by atoms with van der Waals surface area (Å²) in [6, 6.07) is 6.08. The van der Waals surface area contributed by atoms with Crippen molar-refractivity contribution >= 4 is 11.7 Å². The summed E-state index contributed by atoms with van der Waals surface area (Å²) in [6.45, 7) is 5.34. The second-order valence-electron chi connectivity index (χ2n) is 5.86. The molecule has 0 fully saturated rings. The molecule has 0 saturated carbocycles. The lowest BCUT2D eigenvalue weighted by Gasteiger charge is -2.24. The molecule has 0 atom stereocenters. The van der Waals surface area contributed by atoms with Crippen molar-refractivity contribution < 1.29 is 14.6 Å². The first-order valence-corrected chi connectivity index (χ1v) is 6.68. The third-order valence-electron chi connectivity index (χ3n) is 3.31. The quantitative estimate of drug-likeness (QED) is 0.857. The number of nitrogens with one attached hydrogen (secondary N) is 1. The molecular formula is C15H21NO3. The summed E-state index contributed by atoms with van der Waals surface area (Å²) in [5.74, 6) is 0.215. The number of anilines is 1. The predicted octanol–water partition coefficient (Wildman–Crippen LogP) is 2.92. The van der Waals surface area contributed by atoms with Crippen LogP contribution in [0.15, 0.2) is 18.2 Å². The Morgan fingerprint density at radius 3 is 3.00 bits per heavy atom. The van der Waals surface area contributed by atoms with E-state index in [-0.39, 0.29) is 11.8 Å². The van der Waals surface area contributed by atoms with Gasteiger partial charge >= 0.3 is 5.97 Å². The standard InChI is InChI=1S/C15H21NO3/c1-15(2,9-14(17)18)10-16-12-5-6-13-11(8-12)4-3-7-19-13/h5-6,8,16H,3-4,7,9-10H2,1-2H3,(H,17,18). The van der Waals surface area contributed by atoms with Crippen LogP contribution in [0.25, 0.3) is 0 Å². The molecule has 19 heavy (non-hydrogen) atoms. The number of aryl methyl sites for hydroxylation is 1. The maximum Gasteiger partial charge on any atom is 0.303 e. The first kappa shape index (κ1) is 13.7. The van der Waals surface area contributed by atoms with Crippen LogP contribution in [0.4, 0.5) is 5.69 Å². The summed E-state index contributed by atoms with van der Waals surface area (Å²) in [7, 11) is 0. The maximum atomic E-state index is 10.8. The van der Waals surface area contributed by atoms with Crippen LogP contribution in [0.2, 0.25) is 0 Å². The van der Waals surface area contributed by atoms with Crippen LogP contribution in [0.5, 0.6) is 5.75 Å². The molecule has 1 heterocycles. The molecule has 2 rings (SSSR count). The highest BCUT2D eigenvalue weighted by molar-refractivity contribution is 5.67. The van der Waals surface area contributed by atoms with Gasteiger partial charge in [0.2, 0.25) is 0 Å². The molecule has 1 aromatic carbocycles. The Labute approximate surface area is 113 Å². The molecule has 0 amide bonds. The molecule has 0 unspecified atom stereocenters. The molecule has 0 aromatic heterocycles. The zero-order valence-electron chi connectivity index (χ0n) is 11.5. The number of benzene rings is 1. The van der Waals surface area contributed by atoms with Crippen LogP contribution in [0.3, 0.4) is 0 Å². The van der Waals surface area contributed by atoms with Gasteiger partial charge in [0.25, 0.3) is 0 Å². The monoisotopic (exact) mass is 263 g/mol. The molecule has 2 N–H and O–H groups in total. The Balaban J connectivity index is 1.98. The minimum atomic E-state index is -0.759. The fourth-order valence-corrected chi connectivity index (χ4v) is 2.28. The predicted molar refractivity (Wildman–Crippen MR) is 74.8 cm³/mol. The minimum Gasteiger partial charge on any atom is -0.493 e. The van der Waals surface area contributed by atoms with Crippen LogP contribution in [0, 0.1) is 5.41 Å². The molecule has 4 nitrogen and oxygen atoms in total. The summed E-state index contributed by atoms with van der Waals surface area (Å²) in [5, 5.41) is 12.2. The SMILES string of the molecule is CC(C)(CNc1ccc2c(c1)CCCO2)CC(=O)O. The Hall–Kier alpha value is -1.71. The van der Waals surface area contributed by atoms with Gasteiger partial charge in [0.15, 0.2) is 0 Å². The average Bonchev–Trinajstić information content (AvgIpc) is 2.35. The number of hydrogen-bond acceptors (Lipinski definition) is 3. The lowest BCUT2D eigenvalue weighted by Crippen LogP contribution is -2.26. The van der Waals surface area contributed by atoms with Crippen molar-refractivity contribution in [2.45, 2.75) is 33.1 Å². The van der Waals surface area contributed by atoms with E-state index in [0.717, 1.165) is 30.9 Å². The second kappa shape index (κ2) is 5.51. The second-order valence-corrected chi connectivity index (χ2v) is 5.86. The Morgan fingerprint density at radius 1 is 1.47 bits per heavy atom. The third-order valence-corrected chi connectivity index (χ3v) is 3.31. The van der Waals surface area contributed by atoms with Gasteiger partial charge in [-0.25, -0.2) is 0 Å². The number of fused-ring (bicyclic) bond motifs is 1. The van der Waals surface area contributed by atoms with E-state index in [1.54, 1.807) is 0 Å². The van der Waals surface area contributed by atoms with E-state index < -0.39 is 5.97 Å². The molecule has 0 saturated heterocycles. The van der Waals surface area contributed by atoms with Crippen molar-refractivity contribution in [1.29, 1.82) is 0 Å². The zero-order chi connectivity index (χ0) is 13.9. The van der Waals surface area contributed by atoms with Crippen molar-refractivity contribution in [1.82, 2.24) is 0 Å². The molecule has 1 aliphatic heterocycles. The molecule has 1 aromatic rings. The highest BCUT2D eigenvalue weighted by Crippen LogP contribution is 2.28. The van der Waals surface area contributed by atoms with Crippen molar-refractivity contribution in [3.63, 3.8) is 0 Å². The minimum absolute atomic E-state index is 0.161. The number of hydrogen-bond donors (Lipinski definition) is 2. The Morgan fingerprint density at radius 2 is 2.26 bits per heavy atom. The summed E-state index contributed by atoms with van der Waals surface area (Å²) in [6.07, 6.45) is 2.26. The fraction of sp³-hybridized carbons (Fsp3) is 0.533. The number of ether oxygens (including phenoxy) is 1. The van der Waals surface area contributed by atoms with Gasteiger partial charge in [0.05, 0.1) is 13.0 Å². The van der Waals surface area contributed by atoms with Crippen molar-refractivity contribution in [3.8, 4) is 5.75 Å². The van der Waals surface area contributed by atoms with Crippen LogP contribution < -0.4 is 10.1 Å². The maximum absolute atomic E-state index is 10.8. The van der Waals surface area contributed by atoms with Gasteiger partial charge in [-0.2, -0.15) is 0 Å². The molecular weight excluding hydrogens is 242 g/mol. The topological polar surface area (TPSA) is 58.6 Å². The molecule has 104 valence electrons. The molecule has 0 bridgehead atoms. The van der Waals surface area contributed by atoms with Gasteiger partial charge in [0, 0.05) is 12.2 Å². The summed E-state index contributed by atoms with van der Waals surface area (Å²) < 4.78 is 5.57. The van der Waals surface area contributed by atoms with Crippen LogP contribution in [-0.4, -0.2) is 24.2 Å². The number of rotatable bonds is 5. The van der Waals surface area contributed by atoms with Gasteiger partial charge < -0.3 is 15.2 Å². The van der Waals surface area contributed by atoms with E-state index in [0.29, 0.717) is 6.54 Å². The number of aliphatic carboxylic acids is 1. The van der Waals surface area contributed by atoms with E-state index in [9.17, 15) is 4.79 Å². The van der Waals surface area contributed by atoms with Crippen LogP contribution in [-0.2, 0) is 11.2 Å². The molecule has 0 spiro atoms. The molecule has 1 aliphatic rings. The van der Waals surface area contributed by atoms with E-state index in [4.69, 9.17) is 9.84 Å². The smallest absolute Gasteiger partial charge is 0.303 e. The largest absolute Gasteiger partial charge is 0.493 e. The van der Waals surface area contributed by atoms with Gasteiger partial charge in [-0.15, -0.1) is 0 Å². The average molecular weight is 263 g/mol. The van der Waals surface area contributed by atoms with Gasteiger partial charge in [-0.1, -0.05) is 13.8 Å². The number of carboxylic acid groups (broad SMARTS) is 1. The van der Waals surface area contributed by atoms with Crippen LogP contribution in [0.1, 0.15) is 32.3 Å². The van der Waals surface area contributed by atoms with Gasteiger partial charge in [0.1, 0.15) is 5.75 Å². The van der Waals surface area contributed by atoms with Gasteiger partial charge in [-0.3, -0.25) is 4.79 Å². The van der Waals surface area contributed by atoms with Crippen molar-refractivity contribution in [3.05, 3.63) is 23.8 Å². The van der Waals surface area contributed by atoms with E-state index in [1.807, 2.05) is 26.0 Å². The lowest BCUT2D eigenvalue weighted by molar-refractivity contribution is -0.139. The third kappa shape index (κ3) is 3.88. The lowest BCUT2D eigenvalue weighted by atomic mass is 9.89.